The minimum atomic E-state index is 0.389. The van der Waals surface area contributed by atoms with Crippen molar-refractivity contribution in [1.29, 1.82) is 0 Å². The Morgan fingerprint density at radius 2 is 1.79 bits per heavy atom. The minimum Gasteiger partial charge on any atom is -0.465 e. The van der Waals surface area contributed by atoms with Crippen LogP contribution in [0.2, 0.25) is 0 Å². The molecule has 24 heavy (non-hydrogen) atoms. The highest BCUT2D eigenvalue weighted by atomic mass is 16.3. The third kappa shape index (κ3) is 4.71. The molecule has 0 amide bonds. The van der Waals surface area contributed by atoms with E-state index >= 15 is 0 Å². The summed E-state index contributed by atoms with van der Waals surface area (Å²) in [7, 11) is 4.23. The molecule has 0 aliphatic carbocycles. The van der Waals surface area contributed by atoms with Crippen LogP contribution in [-0.4, -0.2) is 46.8 Å². The molecule has 5 nitrogen and oxygen atoms in total. The Bertz CT molecular complexity index is 654. The van der Waals surface area contributed by atoms with Crippen molar-refractivity contribution in [3.05, 3.63) is 40.6 Å². The molecule has 2 heterocycles. The van der Waals surface area contributed by atoms with Crippen molar-refractivity contribution in [2.75, 3.05) is 27.2 Å². The smallest absolute Gasteiger partial charge is 0.118 e. The van der Waals surface area contributed by atoms with E-state index in [1.807, 2.05) is 13.0 Å². The fourth-order valence-electron chi connectivity index (χ4n) is 3.00. The van der Waals surface area contributed by atoms with E-state index in [1.54, 1.807) is 0 Å². The molecule has 0 bridgehead atoms. The molecule has 0 saturated heterocycles. The molecule has 2 rings (SSSR count). The van der Waals surface area contributed by atoms with Gasteiger partial charge < -0.3 is 9.32 Å². The molecular weight excluding hydrogens is 300 g/mol. The van der Waals surface area contributed by atoms with E-state index in [1.165, 1.54) is 11.3 Å². The molecule has 0 saturated carbocycles. The number of furan rings is 1. The first-order chi connectivity index (χ1) is 11.3. The first kappa shape index (κ1) is 18.7. The summed E-state index contributed by atoms with van der Waals surface area (Å²) in [5, 5.41) is 4.73. The molecule has 2 aromatic heterocycles. The largest absolute Gasteiger partial charge is 0.465 e. The predicted molar refractivity (Wildman–Crippen MR) is 98.2 cm³/mol. The molecule has 134 valence electrons. The molecule has 0 atom stereocenters. The van der Waals surface area contributed by atoms with E-state index in [2.05, 4.69) is 62.3 Å². The zero-order chi connectivity index (χ0) is 17.9. The number of aryl methyl sites for hydroxylation is 2. The lowest BCUT2D eigenvalue weighted by molar-refractivity contribution is 0.209. The van der Waals surface area contributed by atoms with Crippen LogP contribution in [0, 0.1) is 20.8 Å². The third-order valence-electron chi connectivity index (χ3n) is 4.38. The van der Waals surface area contributed by atoms with Gasteiger partial charge in [0.25, 0.3) is 0 Å². The van der Waals surface area contributed by atoms with Crippen LogP contribution in [0.25, 0.3) is 0 Å². The normalized spacial score (nSPS) is 12.1. The fraction of sp³-hybridized carbons (Fsp3) is 0.632. The van der Waals surface area contributed by atoms with E-state index in [0.717, 1.165) is 43.4 Å². The second-order valence-electron chi connectivity index (χ2n) is 7.21. The lowest BCUT2D eigenvalue weighted by atomic mass is 10.1. The molecular formula is C19H32N4O. The van der Waals surface area contributed by atoms with Gasteiger partial charge in [-0.3, -0.25) is 9.58 Å². The number of aromatic nitrogens is 2. The number of hydrogen-bond donors (Lipinski definition) is 0. The average molecular weight is 332 g/mol. The summed E-state index contributed by atoms with van der Waals surface area (Å²) in [6.07, 6.45) is 0. The molecule has 0 fully saturated rings. The summed E-state index contributed by atoms with van der Waals surface area (Å²) in [5.41, 5.74) is 3.74. The Balaban J connectivity index is 2.18. The lowest BCUT2D eigenvalue weighted by Crippen LogP contribution is -2.31. The molecule has 2 aromatic rings. The van der Waals surface area contributed by atoms with Gasteiger partial charge in [-0.15, -0.1) is 0 Å². The Labute approximate surface area is 146 Å². The fourth-order valence-corrected chi connectivity index (χ4v) is 3.00. The topological polar surface area (TPSA) is 37.4 Å². The summed E-state index contributed by atoms with van der Waals surface area (Å²) < 4.78 is 7.92. The van der Waals surface area contributed by atoms with Crippen molar-refractivity contribution in [2.45, 2.75) is 53.8 Å². The summed E-state index contributed by atoms with van der Waals surface area (Å²) in [6, 6.07) is 4.50. The molecule has 0 aliphatic heterocycles. The Morgan fingerprint density at radius 1 is 1.08 bits per heavy atom. The van der Waals surface area contributed by atoms with E-state index in [4.69, 9.17) is 9.52 Å². The zero-order valence-corrected chi connectivity index (χ0v) is 16.3. The Kier molecular flexibility index (Phi) is 6.24. The van der Waals surface area contributed by atoms with Gasteiger partial charge >= 0.3 is 0 Å². The van der Waals surface area contributed by atoms with Crippen LogP contribution >= 0.6 is 0 Å². The quantitative estimate of drug-likeness (QED) is 0.741. The second-order valence-corrected chi connectivity index (χ2v) is 7.21. The standard InChI is InChI=1S/C19H32N4O/c1-14(2)23-17(5)19(16(4)20-23)13-22(11-10-21(6)7)12-18-9-8-15(3)24-18/h8-9,14H,10-13H2,1-7H3. The molecule has 0 aliphatic rings. The van der Waals surface area contributed by atoms with Crippen molar-refractivity contribution in [1.82, 2.24) is 19.6 Å². The summed E-state index contributed by atoms with van der Waals surface area (Å²) in [5.74, 6) is 2.00. The highest BCUT2D eigenvalue weighted by Gasteiger charge is 2.17. The van der Waals surface area contributed by atoms with Crippen molar-refractivity contribution >= 4 is 0 Å². The molecule has 0 unspecified atom stereocenters. The van der Waals surface area contributed by atoms with Crippen LogP contribution in [0.15, 0.2) is 16.5 Å². The second kappa shape index (κ2) is 7.99. The monoisotopic (exact) mass is 332 g/mol. The van der Waals surface area contributed by atoms with Gasteiger partial charge in [-0.2, -0.15) is 5.10 Å². The van der Waals surface area contributed by atoms with Crippen LogP contribution in [0.4, 0.5) is 0 Å². The SMILES string of the molecule is Cc1ccc(CN(CCN(C)C)Cc2c(C)nn(C(C)C)c2C)o1. The number of hydrogen-bond acceptors (Lipinski definition) is 4. The van der Waals surface area contributed by atoms with Crippen molar-refractivity contribution < 1.29 is 4.42 Å². The van der Waals surface area contributed by atoms with Crippen LogP contribution in [0.5, 0.6) is 0 Å². The maximum Gasteiger partial charge on any atom is 0.118 e. The van der Waals surface area contributed by atoms with E-state index in [0.29, 0.717) is 6.04 Å². The van der Waals surface area contributed by atoms with E-state index in [-0.39, 0.29) is 0 Å². The predicted octanol–water partition coefficient (Wildman–Crippen LogP) is 3.55. The minimum absolute atomic E-state index is 0.389. The summed E-state index contributed by atoms with van der Waals surface area (Å²) in [4.78, 5) is 4.66. The molecule has 5 heteroatoms. The molecule has 0 spiro atoms. The molecule has 0 N–H and O–H groups in total. The first-order valence-corrected chi connectivity index (χ1v) is 8.75. The van der Waals surface area contributed by atoms with Crippen LogP contribution in [0.1, 0.15) is 48.4 Å². The Morgan fingerprint density at radius 3 is 2.29 bits per heavy atom. The number of rotatable bonds is 8. The number of likely N-dealkylation sites (N-methyl/N-ethyl adjacent to an activating group) is 1. The first-order valence-electron chi connectivity index (χ1n) is 8.75. The maximum atomic E-state index is 5.79. The van der Waals surface area contributed by atoms with Gasteiger partial charge in [0.05, 0.1) is 12.2 Å². The van der Waals surface area contributed by atoms with Gasteiger partial charge in [0, 0.05) is 36.9 Å². The van der Waals surface area contributed by atoms with Gasteiger partial charge in [-0.1, -0.05) is 0 Å². The van der Waals surface area contributed by atoms with Gasteiger partial charge in [-0.05, 0) is 60.8 Å². The van der Waals surface area contributed by atoms with Crippen LogP contribution in [0.3, 0.4) is 0 Å². The maximum absolute atomic E-state index is 5.79. The molecule has 0 radical (unpaired) electrons. The van der Waals surface area contributed by atoms with Crippen LogP contribution < -0.4 is 0 Å². The Hall–Kier alpha value is -1.59. The third-order valence-corrected chi connectivity index (χ3v) is 4.38. The zero-order valence-electron chi connectivity index (χ0n) is 16.3. The summed E-state index contributed by atoms with van der Waals surface area (Å²) in [6.45, 7) is 14.4. The van der Waals surface area contributed by atoms with E-state index in [9.17, 15) is 0 Å². The van der Waals surface area contributed by atoms with Gasteiger partial charge in [-0.25, -0.2) is 0 Å². The van der Waals surface area contributed by atoms with Gasteiger partial charge in [0.1, 0.15) is 11.5 Å². The highest BCUT2D eigenvalue weighted by molar-refractivity contribution is 5.25. The van der Waals surface area contributed by atoms with Crippen molar-refractivity contribution in [3.8, 4) is 0 Å². The molecule has 0 aromatic carbocycles. The highest BCUT2D eigenvalue weighted by Crippen LogP contribution is 2.20. The van der Waals surface area contributed by atoms with Gasteiger partial charge in [0.2, 0.25) is 0 Å². The van der Waals surface area contributed by atoms with Crippen molar-refractivity contribution in [2.24, 2.45) is 0 Å². The van der Waals surface area contributed by atoms with Crippen LogP contribution in [-0.2, 0) is 13.1 Å². The van der Waals surface area contributed by atoms with E-state index < -0.39 is 0 Å². The lowest BCUT2D eigenvalue weighted by Gasteiger charge is -2.23. The average Bonchev–Trinajstić information content (AvgIpc) is 3.02. The number of nitrogens with zero attached hydrogens (tertiary/aromatic N) is 4. The van der Waals surface area contributed by atoms with Crippen molar-refractivity contribution in [3.63, 3.8) is 0 Å². The van der Waals surface area contributed by atoms with Gasteiger partial charge in [0.15, 0.2) is 0 Å². The summed E-state index contributed by atoms with van der Waals surface area (Å²) >= 11 is 0.